The molecule has 0 aliphatic heterocycles. The summed E-state index contributed by atoms with van der Waals surface area (Å²) >= 11 is 0. The van der Waals surface area contributed by atoms with E-state index >= 15 is 0 Å². The molecule has 0 unspecified atom stereocenters. The molecule has 1 heterocycles. The molecule has 1 aromatic carbocycles. The number of carbonyl (C=O) groups excluding carboxylic acids is 1. The summed E-state index contributed by atoms with van der Waals surface area (Å²) in [5.41, 5.74) is 1.17. The lowest BCUT2D eigenvalue weighted by molar-refractivity contribution is -0.159. The van der Waals surface area contributed by atoms with Crippen LogP contribution < -0.4 is 0 Å². The van der Waals surface area contributed by atoms with Crippen molar-refractivity contribution in [1.29, 1.82) is 0 Å². The predicted molar refractivity (Wildman–Crippen MR) is 79.3 cm³/mol. The molecule has 2 rings (SSSR count). The summed E-state index contributed by atoms with van der Waals surface area (Å²) in [5, 5.41) is 3.32. The maximum atomic E-state index is 12.5. The minimum Gasteiger partial charge on any atom is -0.329 e. The maximum Gasteiger partial charge on any atom is 0.471 e. The van der Waals surface area contributed by atoms with Gasteiger partial charge >= 0.3 is 12.1 Å². The Labute approximate surface area is 136 Å². The van der Waals surface area contributed by atoms with E-state index in [1.54, 1.807) is 31.2 Å². The van der Waals surface area contributed by atoms with Gasteiger partial charge in [0.1, 0.15) is 0 Å². The number of hydrogen-bond acceptors (Lipinski definition) is 4. The predicted octanol–water partition coefficient (Wildman–Crippen LogP) is 3.13. The second-order valence-corrected chi connectivity index (χ2v) is 4.93. The quantitative estimate of drug-likeness (QED) is 0.787. The molecule has 0 spiro atoms. The molecule has 0 aliphatic rings. The lowest BCUT2D eigenvalue weighted by Crippen LogP contribution is -2.30. The minimum atomic E-state index is -4.68. The molecule has 126 valence electrons. The highest BCUT2D eigenvalue weighted by molar-refractivity contribution is 5.76. The Morgan fingerprint density at radius 3 is 2.50 bits per heavy atom. The monoisotopic (exact) mass is 337 g/mol. The third kappa shape index (κ3) is 4.13. The summed E-state index contributed by atoms with van der Waals surface area (Å²) in [6.07, 6.45) is 0.907. The fourth-order valence-electron chi connectivity index (χ4n) is 2.00. The highest BCUT2D eigenvalue weighted by atomic mass is 19.4. The van der Waals surface area contributed by atoms with E-state index in [2.05, 4.69) is 20.6 Å². The molecule has 0 saturated carbocycles. The topological polar surface area (TPSA) is 59.2 Å². The Balaban J connectivity index is 2.14. The Hall–Kier alpha value is -2.82. The molecule has 0 aliphatic carbocycles. The van der Waals surface area contributed by atoms with Crippen LogP contribution in [0.2, 0.25) is 0 Å². The van der Waals surface area contributed by atoms with Gasteiger partial charge in [-0.25, -0.2) is 0 Å². The van der Waals surface area contributed by atoms with Gasteiger partial charge in [0, 0.05) is 18.5 Å². The fourth-order valence-corrected chi connectivity index (χ4v) is 2.00. The van der Waals surface area contributed by atoms with E-state index in [9.17, 15) is 18.0 Å². The summed E-state index contributed by atoms with van der Waals surface area (Å²) in [5.74, 6) is 0.798. The zero-order valence-electron chi connectivity index (χ0n) is 12.8. The zero-order valence-corrected chi connectivity index (χ0v) is 12.8. The van der Waals surface area contributed by atoms with E-state index in [0.29, 0.717) is 18.5 Å². The number of nitrogens with zero attached hydrogens (tertiary/aromatic N) is 3. The van der Waals surface area contributed by atoms with Crippen LogP contribution in [0, 0.1) is 12.3 Å². The van der Waals surface area contributed by atoms with E-state index in [1.165, 1.54) is 4.90 Å². The molecule has 1 aromatic heterocycles. The van der Waals surface area contributed by atoms with Gasteiger partial charge in [0.25, 0.3) is 0 Å². The van der Waals surface area contributed by atoms with Crippen LogP contribution in [0.5, 0.6) is 0 Å². The van der Waals surface area contributed by atoms with Crippen molar-refractivity contribution in [2.24, 2.45) is 0 Å². The van der Waals surface area contributed by atoms with Gasteiger partial charge in [-0.3, -0.25) is 4.79 Å². The van der Waals surface area contributed by atoms with Crippen molar-refractivity contribution in [1.82, 2.24) is 15.0 Å². The Bertz CT molecular complexity index is 745. The molecule has 0 N–H and O–H groups in total. The second kappa shape index (κ2) is 7.17. The number of hydrogen-bond donors (Lipinski definition) is 0. The highest BCUT2D eigenvalue weighted by Gasteiger charge is 2.38. The number of aromatic nitrogens is 2. The normalized spacial score (nSPS) is 11.1. The summed E-state index contributed by atoms with van der Waals surface area (Å²) < 4.78 is 41.6. The van der Waals surface area contributed by atoms with Crippen LogP contribution in [-0.4, -0.2) is 27.5 Å². The van der Waals surface area contributed by atoms with Gasteiger partial charge in [0.15, 0.2) is 0 Å². The van der Waals surface area contributed by atoms with Crippen LogP contribution in [0.3, 0.4) is 0 Å². The van der Waals surface area contributed by atoms with Crippen molar-refractivity contribution in [2.75, 3.05) is 6.54 Å². The van der Waals surface area contributed by atoms with Crippen molar-refractivity contribution in [3.63, 3.8) is 0 Å². The molecule has 0 radical (unpaired) electrons. The Morgan fingerprint density at radius 2 is 2.00 bits per heavy atom. The number of carbonyl (C=O) groups is 1. The first kappa shape index (κ1) is 17.5. The van der Waals surface area contributed by atoms with E-state index in [4.69, 9.17) is 6.42 Å². The van der Waals surface area contributed by atoms with Crippen molar-refractivity contribution in [2.45, 2.75) is 26.1 Å². The summed E-state index contributed by atoms with van der Waals surface area (Å²) in [4.78, 5) is 16.6. The molecule has 0 fully saturated rings. The summed E-state index contributed by atoms with van der Waals surface area (Å²) in [6, 6.07) is 6.46. The van der Waals surface area contributed by atoms with Crippen LogP contribution in [0.4, 0.5) is 13.2 Å². The average molecular weight is 337 g/mol. The zero-order chi connectivity index (χ0) is 17.7. The SMILES string of the molecule is C#CCN(Cc1ccc(-c2noc(C(F)(F)F)n2)cc1)C(=O)CC. The molecule has 0 atom stereocenters. The van der Waals surface area contributed by atoms with Gasteiger partial charge < -0.3 is 9.42 Å². The lowest BCUT2D eigenvalue weighted by Gasteiger charge is -2.19. The molecule has 8 heteroatoms. The molecule has 0 bridgehead atoms. The van der Waals surface area contributed by atoms with E-state index in [-0.39, 0.29) is 18.3 Å². The largest absolute Gasteiger partial charge is 0.471 e. The standard InChI is InChI=1S/C16H14F3N3O2/c1-3-9-22(13(23)4-2)10-11-5-7-12(8-6-11)14-20-15(24-21-14)16(17,18)19/h1,5-8H,4,9-10H2,2H3. The van der Waals surface area contributed by atoms with E-state index in [1.807, 2.05) is 0 Å². The van der Waals surface area contributed by atoms with Gasteiger partial charge in [-0.15, -0.1) is 6.42 Å². The molecule has 24 heavy (non-hydrogen) atoms. The minimum absolute atomic E-state index is 0.0787. The third-order valence-electron chi connectivity index (χ3n) is 3.19. The first-order valence-electron chi connectivity index (χ1n) is 7.06. The Kier molecular flexibility index (Phi) is 5.24. The van der Waals surface area contributed by atoms with Gasteiger partial charge in [0.2, 0.25) is 11.7 Å². The van der Waals surface area contributed by atoms with Crippen LogP contribution in [0.1, 0.15) is 24.8 Å². The van der Waals surface area contributed by atoms with Crippen LogP contribution >= 0.6 is 0 Å². The molecule has 2 aromatic rings. The van der Waals surface area contributed by atoms with Gasteiger partial charge in [0.05, 0.1) is 6.54 Å². The van der Waals surface area contributed by atoms with E-state index in [0.717, 1.165) is 5.56 Å². The maximum absolute atomic E-state index is 12.5. The number of amides is 1. The summed E-state index contributed by atoms with van der Waals surface area (Å²) in [7, 11) is 0. The number of benzene rings is 1. The van der Waals surface area contributed by atoms with Crippen molar-refractivity contribution in [3.8, 4) is 23.7 Å². The van der Waals surface area contributed by atoms with Crippen LogP contribution in [0.15, 0.2) is 28.8 Å². The lowest BCUT2D eigenvalue weighted by atomic mass is 10.1. The Morgan fingerprint density at radius 1 is 1.33 bits per heavy atom. The molecule has 5 nitrogen and oxygen atoms in total. The van der Waals surface area contributed by atoms with Gasteiger partial charge in [-0.2, -0.15) is 18.2 Å². The first-order chi connectivity index (χ1) is 11.3. The van der Waals surface area contributed by atoms with E-state index < -0.39 is 12.1 Å². The smallest absolute Gasteiger partial charge is 0.329 e. The number of alkyl halides is 3. The highest BCUT2D eigenvalue weighted by Crippen LogP contribution is 2.29. The van der Waals surface area contributed by atoms with Gasteiger partial charge in [-0.05, 0) is 5.56 Å². The van der Waals surface area contributed by atoms with Crippen molar-refractivity contribution >= 4 is 5.91 Å². The fraction of sp³-hybridized carbons (Fsp3) is 0.312. The second-order valence-electron chi connectivity index (χ2n) is 4.93. The molecular formula is C16H14F3N3O2. The molecule has 1 amide bonds. The number of halogens is 3. The number of rotatable bonds is 5. The van der Waals surface area contributed by atoms with Crippen molar-refractivity contribution < 1.29 is 22.5 Å². The van der Waals surface area contributed by atoms with Gasteiger partial charge in [-0.1, -0.05) is 42.3 Å². The van der Waals surface area contributed by atoms with Crippen LogP contribution in [0.25, 0.3) is 11.4 Å². The molecule has 0 saturated heterocycles. The first-order valence-corrected chi connectivity index (χ1v) is 7.06. The van der Waals surface area contributed by atoms with Crippen molar-refractivity contribution in [3.05, 3.63) is 35.7 Å². The summed E-state index contributed by atoms with van der Waals surface area (Å²) in [6.45, 7) is 2.24. The number of terminal acetylenes is 1. The van der Waals surface area contributed by atoms with Crippen LogP contribution in [-0.2, 0) is 17.5 Å². The average Bonchev–Trinajstić information content (AvgIpc) is 3.04. The molecular weight excluding hydrogens is 323 g/mol. The third-order valence-corrected chi connectivity index (χ3v) is 3.19.